The number of hydrogen-bond acceptors (Lipinski definition) is 2. The molecule has 0 aromatic heterocycles. The third kappa shape index (κ3) is 3.64. The van der Waals surface area contributed by atoms with Crippen LogP contribution in [0.25, 0.3) is 0 Å². The fourth-order valence-corrected chi connectivity index (χ4v) is 1.50. The molecule has 0 saturated heterocycles. The van der Waals surface area contributed by atoms with Crippen molar-refractivity contribution in [3.8, 4) is 0 Å². The van der Waals surface area contributed by atoms with E-state index in [2.05, 4.69) is 5.32 Å². The zero-order valence-electron chi connectivity index (χ0n) is 9.14. The minimum absolute atomic E-state index is 0.0764. The van der Waals surface area contributed by atoms with E-state index in [9.17, 15) is 13.6 Å². The first kappa shape index (κ1) is 13.9. The molecule has 94 valence electrons. The molecule has 0 radical (unpaired) electrons. The van der Waals surface area contributed by atoms with Gasteiger partial charge in [0.2, 0.25) is 0 Å². The molecule has 0 spiro atoms. The molecular formula is C11H12ClF2NO2. The number of aliphatic hydroxyl groups excluding tert-OH is 1. The second-order valence-corrected chi connectivity index (χ2v) is 4.04. The van der Waals surface area contributed by atoms with Gasteiger partial charge >= 0.3 is 0 Å². The van der Waals surface area contributed by atoms with Gasteiger partial charge in [-0.05, 0) is 25.5 Å². The van der Waals surface area contributed by atoms with E-state index in [1.165, 1.54) is 0 Å². The second-order valence-electron chi connectivity index (χ2n) is 3.63. The Balaban J connectivity index is 2.86. The van der Waals surface area contributed by atoms with Crippen molar-refractivity contribution >= 4 is 17.5 Å². The van der Waals surface area contributed by atoms with Gasteiger partial charge in [0.05, 0.1) is 10.6 Å². The largest absolute Gasteiger partial charge is 0.396 e. The van der Waals surface area contributed by atoms with Crippen molar-refractivity contribution in [1.82, 2.24) is 5.32 Å². The molecule has 0 aliphatic heterocycles. The molecule has 1 rings (SSSR count). The maximum Gasteiger partial charge on any atom is 0.253 e. The fraction of sp³-hybridized carbons (Fsp3) is 0.364. The SMILES string of the molecule is CC(CCO)NC(=O)c1cc(F)c(F)cc1Cl. The molecule has 0 aliphatic rings. The number of carbonyl (C=O) groups is 1. The molecule has 1 aromatic rings. The summed E-state index contributed by atoms with van der Waals surface area (Å²) in [7, 11) is 0. The number of carbonyl (C=O) groups excluding carboxylic acids is 1. The standard InChI is InChI=1S/C11H12ClF2NO2/c1-6(2-3-16)15-11(17)7-4-9(13)10(14)5-8(7)12/h4-6,16H,2-3H2,1H3,(H,15,17). The lowest BCUT2D eigenvalue weighted by Gasteiger charge is -2.13. The zero-order chi connectivity index (χ0) is 13.0. The van der Waals surface area contributed by atoms with E-state index in [4.69, 9.17) is 16.7 Å². The molecule has 1 unspecified atom stereocenters. The van der Waals surface area contributed by atoms with Crippen LogP contribution in [0.4, 0.5) is 8.78 Å². The van der Waals surface area contributed by atoms with Crippen LogP contribution in [-0.4, -0.2) is 23.7 Å². The van der Waals surface area contributed by atoms with E-state index < -0.39 is 17.5 Å². The smallest absolute Gasteiger partial charge is 0.253 e. The Hall–Kier alpha value is -1.20. The Morgan fingerprint density at radius 2 is 2.06 bits per heavy atom. The summed E-state index contributed by atoms with van der Waals surface area (Å²) < 4.78 is 25.7. The molecule has 0 heterocycles. The summed E-state index contributed by atoms with van der Waals surface area (Å²) >= 11 is 5.64. The van der Waals surface area contributed by atoms with E-state index in [-0.39, 0.29) is 23.2 Å². The van der Waals surface area contributed by atoms with Gasteiger partial charge in [-0.25, -0.2) is 8.78 Å². The summed E-state index contributed by atoms with van der Waals surface area (Å²) in [5.74, 6) is -2.83. The topological polar surface area (TPSA) is 49.3 Å². The normalized spacial score (nSPS) is 12.3. The van der Waals surface area contributed by atoms with Crippen molar-refractivity contribution in [2.75, 3.05) is 6.61 Å². The van der Waals surface area contributed by atoms with Crippen LogP contribution in [0.5, 0.6) is 0 Å². The van der Waals surface area contributed by atoms with Crippen LogP contribution >= 0.6 is 11.6 Å². The number of hydrogen-bond donors (Lipinski definition) is 2. The molecule has 17 heavy (non-hydrogen) atoms. The Morgan fingerprint density at radius 1 is 1.47 bits per heavy atom. The van der Waals surface area contributed by atoms with Gasteiger partial charge < -0.3 is 10.4 Å². The van der Waals surface area contributed by atoms with Gasteiger partial charge in [-0.15, -0.1) is 0 Å². The van der Waals surface area contributed by atoms with Crippen molar-refractivity contribution in [2.45, 2.75) is 19.4 Å². The first-order valence-electron chi connectivity index (χ1n) is 5.02. The maximum atomic E-state index is 13.0. The van der Waals surface area contributed by atoms with Crippen LogP contribution in [-0.2, 0) is 0 Å². The number of amides is 1. The summed E-state index contributed by atoms with van der Waals surface area (Å²) in [5.41, 5.74) is -0.129. The number of aliphatic hydroxyl groups is 1. The highest BCUT2D eigenvalue weighted by Crippen LogP contribution is 2.20. The van der Waals surface area contributed by atoms with Crippen molar-refractivity contribution in [2.24, 2.45) is 0 Å². The number of halogens is 3. The predicted molar refractivity (Wildman–Crippen MR) is 60.0 cm³/mol. The molecule has 6 heteroatoms. The summed E-state index contributed by atoms with van der Waals surface area (Å²) in [4.78, 5) is 11.6. The molecule has 0 fully saturated rings. The summed E-state index contributed by atoms with van der Waals surface area (Å²) in [5, 5.41) is 11.0. The lowest BCUT2D eigenvalue weighted by Crippen LogP contribution is -2.33. The van der Waals surface area contributed by atoms with Gasteiger partial charge in [-0.1, -0.05) is 11.6 Å². The fourth-order valence-electron chi connectivity index (χ4n) is 1.26. The molecule has 1 aromatic carbocycles. The molecule has 1 amide bonds. The predicted octanol–water partition coefficient (Wildman–Crippen LogP) is 2.12. The third-order valence-corrected chi connectivity index (χ3v) is 2.51. The van der Waals surface area contributed by atoms with Gasteiger partial charge in [-0.3, -0.25) is 4.79 Å². The van der Waals surface area contributed by atoms with Gasteiger partial charge in [-0.2, -0.15) is 0 Å². The van der Waals surface area contributed by atoms with Crippen LogP contribution in [0, 0.1) is 11.6 Å². The van der Waals surface area contributed by atoms with Crippen LogP contribution in [0.15, 0.2) is 12.1 Å². The second kappa shape index (κ2) is 5.93. The van der Waals surface area contributed by atoms with Crippen LogP contribution in [0.3, 0.4) is 0 Å². The summed E-state index contributed by atoms with van der Waals surface area (Å²) in [6, 6.07) is 1.22. The van der Waals surface area contributed by atoms with E-state index in [1.54, 1.807) is 6.92 Å². The molecule has 1 atom stereocenters. The average Bonchev–Trinajstić information content (AvgIpc) is 2.23. The third-order valence-electron chi connectivity index (χ3n) is 2.19. The Bertz CT molecular complexity index is 426. The lowest BCUT2D eigenvalue weighted by molar-refractivity contribution is 0.0934. The Kier molecular flexibility index (Phi) is 4.84. The quantitative estimate of drug-likeness (QED) is 0.818. The summed E-state index contributed by atoms with van der Waals surface area (Å²) in [6.07, 6.45) is 0.368. The highest BCUT2D eigenvalue weighted by Gasteiger charge is 2.16. The Morgan fingerprint density at radius 3 is 2.65 bits per heavy atom. The van der Waals surface area contributed by atoms with E-state index >= 15 is 0 Å². The highest BCUT2D eigenvalue weighted by molar-refractivity contribution is 6.33. The molecule has 2 N–H and O–H groups in total. The van der Waals surface area contributed by atoms with Crippen molar-refractivity contribution in [3.63, 3.8) is 0 Å². The van der Waals surface area contributed by atoms with E-state index in [0.29, 0.717) is 6.42 Å². The monoisotopic (exact) mass is 263 g/mol. The maximum absolute atomic E-state index is 13.0. The van der Waals surface area contributed by atoms with Crippen LogP contribution < -0.4 is 5.32 Å². The number of nitrogens with one attached hydrogen (secondary N) is 1. The van der Waals surface area contributed by atoms with Crippen LogP contribution in [0.2, 0.25) is 5.02 Å². The van der Waals surface area contributed by atoms with Gasteiger partial charge in [0.15, 0.2) is 11.6 Å². The first-order chi connectivity index (χ1) is 7.95. The molecular weight excluding hydrogens is 252 g/mol. The van der Waals surface area contributed by atoms with Crippen LogP contribution in [0.1, 0.15) is 23.7 Å². The molecule has 0 aliphatic carbocycles. The van der Waals surface area contributed by atoms with Crippen molar-refractivity contribution in [3.05, 3.63) is 34.4 Å². The minimum Gasteiger partial charge on any atom is -0.396 e. The molecule has 0 saturated carbocycles. The molecule has 3 nitrogen and oxygen atoms in total. The number of benzene rings is 1. The van der Waals surface area contributed by atoms with Gasteiger partial charge in [0, 0.05) is 12.6 Å². The average molecular weight is 264 g/mol. The van der Waals surface area contributed by atoms with Gasteiger partial charge in [0.25, 0.3) is 5.91 Å². The molecule has 0 bridgehead atoms. The first-order valence-corrected chi connectivity index (χ1v) is 5.39. The highest BCUT2D eigenvalue weighted by atomic mass is 35.5. The van der Waals surface area contributed by atoms with Gasteiger partial charge in [0.1, 0.15) is 0 Å². The summed E-state index contributed by atoms with van der Waals surface area (Å²) in [6.45, 7) is 1.61. The Labute approximate surface area is 102 Å². The van der Waals surface area contributed by atoms with Crippen molar-refractivity contribution in [1.29, 1.82) is 0 Å². The lowest BCUT2D eigenvalue weighted by atomic mass is 10.1. The van der Waals surface area contributed by atoms with Crippen molar-refractivity contribution < 1.29 is 18.7 Å². The number of rotatable bonds is 4. The zero-order valence-corrected chi connectivity index (χ0v) is 9.89. The van der Waals surface area contributed by atoms with E-state index in [0.717, 1.165) is 12.1 Å². The minimum atomic E-state index is -1.13. The van der Waals surface area contributed by atoms with E-state index in [1.807, 2.05) is 0 Å².